The lowest BCUT2D eigenvalue weighted by atomic mass is 9.84. The van der Waals surface area contributed by atoms with E-state index in [4.69, 9.17) is 5.73 Å². The van der Waals surface area contributed by atoms with E-state index in [2.05, 4.69) is 48.5 Å². The topological polar surface area (TPSA) is 26.0 Å². The van der Waals surface area contributed by atoms with Crippen LogP contribution in [0.3, 0.4) is 0 Å². The van der Waals surface area contributed by atoms with Gasteiger partial charge in [0.2, 0.25) is 0 Å². The number of benzene rings is 2. The van der Waals surface area contributed by atoms with Crippen LogP contribution in [-0.2, 0) is 6.42 Å². The lowest BCUT2D eigenvalue weighted by Gasteiger charge is -2.25. The molecule has 0 radical (unpaired) electrons. The van der Waals surface area contributed by atoms with Crippen LogP contribution >= 0.6 is 11.8 Å². The zero-order valence-corrected chi connectivity index (χ0v) is 13.4. The Morgan fingerprint density at radius 1 is 1.19 bits per heavy atom. The van der Waals surface area contributed by atoms with E-state index >= 15 is 0 Å². The molecule has 2 heteroatoms. The molecule has 0 heterocycles. The van der Waals surface area contributed by atoms with Crippen LogP contribution < -0.4 is 5.73 Å². The third kappa shape index (κ3) is 3.50. The highest BCUT2D eigenvalue weighted by molar-refractivity contribution is 7.99. The molecule has 1 aliphatic carbocycles. The highest BCUT2D eigenvalue weighted by Crippen LogP contribution is 2.36. The summed E-state index contributed by atoms with van der Waals surface area (Å²) in [4.78, 5) is 1.34. The molecule has 0 spiro atoms. The Morgan fingerprint density at radius 3 is 2.90 bits per heavy atom. The van der Waals surface area contributed by atoms with Crippen LogP contribution in [0.25, 0.3) is 0 Å². The van der Waals surface area contributed by atoms with Crippen molar-refractivity contribution in [3.8, 4) is 0 Å². The SMILES string of the molecule is CC(N)c1cccc(SCC2CCCc3ccccc32)c1. The first-order valence-electron chi connectivity index (χ1n) is 7.80. The highest BCUT2D eigenvalue weighted by atomic mass is 32.2. The Bertz CT molecular complexity index is 606. The van der Waals surface area contributed by atoms with Gasteiger partial charge >= 0.3 is 0 Å². The second-order valence-electron chi connectivity index (χ2n) is 5.96. The minimum atomic E-state index is 0.112. The van der Waals surface area contributed by atoms with Crippen LogP contribution in [-0.4, -0.2) is 5.75 Å². The Hall–Kier alpha value is -1.25. The Balaban J connectivity index is 1.70. The fourth-order valence-electron chi connectivity index (χ4n) is 3.11. The minimum Gasteiger partial charge on any atom is -0.324 e. The summed E-state index contributed by atoms with van der Waals surface area (Å²) in [6, 6.07) is 17.7. The smallest absolute Gasteiger partial charge is 0.0266 e. The summed E-state index contributed by atoms with van der Waals surface area (Å²) in [6.07, 6.45) is 3.89. The molecule has 0 saturated carbocycles. The molecule has 2 N–H and O–H groups in total. The van der Waals surface area contributed by atoms with Crippen molar-refractivity contribution in [1.29, 1.82) is 0 Å². The Morgan fingerprint density at radius 2 is 2.05 bits per heavy atom. The summed E-state index contributed by atoms with van der Waals surface area (Å²) in [6.45, 7) is 2.04. The molecule has 2 atom stereocenters. The Labute approximate surface area is 132 Å². The van der Waals surface area contributed by atoms with Gasteiger partial charge in [-0.05, 0) is 60.9 Å². The van der Waals surface area contributed by atoms with Crippen molar-refractivity contribution >= 4 is 11.8 Å². The third-order valence-electron chi connectivity index (χ3n) is 4.33. The van der Waals surface area contributed by atoms with Crippen molar-refractivity contribution < 1.29 is 0 Å². The molecule has 21 heavy (non-hydrogen) atoms. The van der Waals surface area contributed by atoms with E-state index in [1.807, 2.05) is 18.7 Å². The zero-order valence-electron chi connectivity index (χ0n) is 12.6. The normalized spacial score (nSPS) is 19.0. The van der Waals surface area contributed by atoms with Gasteiger partial charge in [-0.3, -0.25) is 0 Å². The van der Waals surface area contributed by atoms with Gasteiger partial charge in [0, 0.05) is 16.7 Å². The molecular formula is C19H23NS. The van der Waals surface area contributed by atoms with Gasteiger partial charge in [0.15, 0.2) is 0 Å². The maximum atomic E-state index is 5.98. The van der Waals surface area contributed by atoms with E-state index in [1.54, 1.807) is 11.1 Å². The molecule has 0 saturated heterocycles. The van der Waals surface area contributed by atoms with Crippen LogP contribution in [0, 0.1) is 0 Å². The predicted octanol–water partition coefficient (Wildman–Crippen LogP) is 4.92. The largest absolute Gasteiger partial charge is 0.324 e. The zero-order chi connectivity index (χ0) is 14.7. The standard InChI is InChI=1S/C19H23NS/c1-14(20)16-8-5-10-18(12-16)21-13-17-9-4-7-15-6-2-3-11-19(15)17/h2-3,5-6,8,10-12,14,17H,4,7,9,13,20H2,1H3. The average Bonchev–Trinajstić information content (AvgIpc) is 2.53. The molecule has 0 fully saturated rings. The molecule has 3 rings (SSSR count). The second kappa shape index (κ2) is 6.67. The van der Waals surface area contributed by atoms with Crippen LogP contribution in [0.4, 0.5) is 0 Å². The summed E-state index contributed by atoms with van der Waals surface area (Å²) in [7, 11) is 0. The predicted molar refractivity (Wildman–Crippen MR) is 91.9 cm³/mol. The number of fused-ring (bicyclic) bond motifs is 1. The summed E-state index contributed by atoms with van der Waals surface area (Å²) < 4.78 is 0. The quantitative estimate of drug-likeness (QED) is 0.811. The van der Waals surface area contributed by atoms with Crippen molar-refractivity contribution in [2.45, 2.75) is 43.0 Å². The van der Waals surface area contributed by atoms with E-state index in [1.165, 1.54) is 35.5 Å². The number of aryl methyl sites for hydroxylation is 1. The molecule has 1 aliphatic rings. The van der Waals surface area contributed by atoms with Gasteiger partial charge in [-0.2, -0.15) is 0 Å². The van der Waals surface area contributed by atoms with Gasteiger partial charge in [0.25, 0.3) is 0 Å². The maximum absolute atomic E-state index is 5.98. The van der Waals surface area contributed by atoms with Crippen molar-refractivity contribution in [3.05, 3.63) is 65.2 Å². The molecule has 0 bridgehead atoms. The van der Waals surface area contributed by atoms with Crippen molar-refractivity contribution in [3.63, 3.8) is 0 Å². The molecule has 2 aromatic rings. The number of hydrogen-bond acceptors (Lipinski definition) is 2. The fraction of sp³-hybridized carbons (Fsp3) is 0.368. The van der Waals surface area contributed by atoms with E-state index in [0.29, 0.717) is 5.92 Å². The second-order valence-corrected chi connectivity index (χ2v) is 7.05. The molecule has 2 unspecified atom stereocenters. The molecule has 2 aromatic carbocycles. The lowest BCUT2D eigenvalue weighted by Crippen LogP contribution is -2.11. The molecule has 0 aliphatic heterocycles. The monoisotopic (exact) mass is 297 g/mol. The number of nitrogens with two attached hydrogens (primary N) is 1. The molecule has 1 nitrogen and oxygen atoms in total. The number of hydrogen-bond donors (Lipinski definition) is 1. The Kier molecular flexibility index (Phi) is 4.67. The van der Waals surface area contributed by atoms with Gasteiger partial charge < -0.3 is 5.73 Å². The van der Waals surface area contributed by atoms with E-state index in [0.717, 1.165) is 0 Å². The summed E-state index contributed by atoms with van der Waals surface area (Å²) in [5, 5.41) is 0. The van der Waals surface area contributed by atoms with Crippen LogP contribution in [0.5, 0.6) is 0 Å². The van der Waals surface area contributed by atoms with Crippen molar-refractivity contribution in [1.82, 2.24) is 0 Å². The van der Waals surface area contributed by atoms with Crippen LogP contribution in [0.15, 0.2) is 53.4 Å². The first kappa shape index (κ1) is 14.7. The van der Waals surface area contributed by atoms with E-state index in [9.17, 15) is 0 Å². The highest BCUT2D eigenvalue weighted by Gasteiger charge is 2.19. The number of thioether (sulfide) groups is 1. The van der Waals surface area contributed by atoms with Gasteiger partial charge in [-0.15, -0.1) is 11.8 Å². The van der Waals surface area contributed by atoms with Crippen LogP contribution in [0.1, 0.15) is 48.4 Å². The van der Waals surface area contributed by atoms with E-state index in [-0.39, 0.29) is 6.04 Å². The van der Waals surface area contributed by atoms with Crippen molar-refractivity contribution in [2.75, 3.05) is 5.75 Å². The van der Waals surface area contributed by atoms with Gasteiger partial charge in [0.05, 0.1) is 0 Å². The summed E-state index contributed by atoms with van der Waals surface area (Å²) in [5.41, 5.74) is 10.3. The third-order valence-corrected chi connectivity index (χ3v) is 5.48. The molecule has 110 valence electrons. The van der Waals surface area contributed by atoms with Gasteiger partial charge in [-0.1, -0.05) is 36.4 Å². The lowest BCUT2D eigenvalue weighted by molar-refractivity contribution is 0.596. The average molecular weight is 297 g/mol. The minimum absolute atomic E-state index is 0.112. The first-order chi connectivity index (χ1) is 10.2. The van der Waals surface area contributed by atoms with Gasteiger partial charge in [0.1, 0.15) is 0 Å². The molecule has 0 aromatic heterocycles. The molecular weight excluding hydrogens is 274 g/mol. The maximum Gasteiger partial charge on any atom is 0.0266 e. The fourth-order valence-corrected chi connectivity index (χ4v) is 4.25. The number of rotatable bonds is 4. The summed E-state index contributed by atoms with van der Waals surface area (Å²) >= 11 is 1.97. The van der Waals surface area contributed by atoms with Crippen LogP contribution in [0.2, 0.25) is 0 Å². The first-order valence-corrected chi connectivity index (χ1v) is 8.79. The summed E-state index contributed by atoms with van der Waals surface area (Å²) in [5.74, 6) is 1.86. The van der Waals surface area contributed by atoms with Gasteiger partial charge in [-0.25, -0.2) is 0 Å². The van der Waals surface area contributed by atoms with Crippen molar-refractivity contribution in [2.24, 2.45) is 5.73 Å². The molecule has 0 amide bonds. The van der Waals surface area contributed by atoms with E-state index < -0.39 is 0 Å².